The second-order valence-electron chi connectivity index (χ2n) is 5.98. The Balaban J connectivity index is 0.000000260. The highest BCUT2D eigenvalue weighted by Crippen LogP contribution is 2.23. The zero-order valence-corrected chi connectivity index (χ0v) is 14.8. The second-order valence-corrected chi connectivity index (χ2v) is 6.29. The molecule has 1 aromatic rings. The van der Waals surface area contributed by atoms with Gasteiger partial charge in [-0.3, -0.25) is 9.59 Å². The van der Waals surface area contributed by atoms with Crippen LogP contribution in [0.25, 0.3) is 0 Å². The summed E-state index contributed by atoms with van der Waals surface area (Å²) in [6.07, 6.45) is -1.16. The molecule has 26 heavy (non-hydrogen) atoms. The van der Waals surface area contributed by atoms with Gasteiger partial charge < -0.3 is 25.7 Å². The number of hydrogen-bond donors (Lipinski definition) is 5. The van der Waals surface area contributed by atoms with Gasteiger partial charge in [0.2, 0.25) is 0 Å². The van der Waals surface area contributed by atoms with E-state index in [-0.39, 0.29) is 0 Å². The fourth-order valence-electron chi connectivity index (χ4n) is 2.62. The molecule has 9 heteroatoms. The number of carboxylic acids is 3. The Morgan fingerprint density at radius 3 is 2.19 bits per heavy atom. The quantitative estimate of drug-likeness (QED) is 0.453. The summed E-state index contributed by atoms with van der Waals surface area (Å²) in [6.45, 7) is 2.09. The SMILES string of the molecule is ClC[C@@H]1CNCCc2ccccc21.O=C(O)CC(O)(CC(=O)O)C(=O)O. The highest BCUT2D eigenvalue weighted by molar-refractivity contribution is 6.18. The van der Waals surface area contributed by atoms with Gasteiger partial charge in [0.15, 0.2) is 5.60 Å². The maximum Gasteiger partial charge on any atom is 0.336 e. The van der Waals surface area contributed by atoms with Gasteiger partial charge in [-0.2, -0.15) is 0 Å². The van der Waals surface area contributed by atoms with Crippen molar-refractivity contribution in [1.29, 1.82) is 0 Å². The van der Waals surface area contributed by atoms with Gasteiger partial charge in [-0.25, -0.2) is 4.79 Å². The van der Waals surface area contributed by atoms with Crippen LogP contribution in [0.5, 0.6) is 0 Å². The van der Waals surface area contributed by atoms with Crippen LogP contribution < -0.4 is 5.32 Å². The Labute approximate surface area is 155 Å². The van der Waals surface area contributed by atoms with Crippen molar-refractivity contribution in [3.8, 4) is 0 Å². The predicted molar refractivity (Wildman–Crippen MR) is 93.6 cm³/mol. The Morgan fingerprint density at radius 1 is 1.12 bits per heavy atom. The average molecular weight is 388 g/mol. The Bertz CT molecular complexity index is 634. The summed E-state index contributed by atoms with van der Waals surface area (Å²) in [4.78, 5) is 30.5. The minimum Gasteiger partial charge on any atom is -0.481 e. The van der Waals surface area contributed by atoms with Crippen molar-refractivity contribution >= 4 is 29.5 Å². The number of alkyl halides is 1. The number of hydrogen-bond acceptors (Lipinski definition) is 5. The topological polar surface area (TPSA) is 144 Å². The summed E-state index contributed by atoms with van der Waals surface area (Å²) in [5.74, 6) is -3.82. The minimum absolute atomic E-state index is 0.486. The van der Waals surface area contributed by atoms with Crippen molar-refractivity contribution in [2.24, 2.45) is 0 Å². The van der Waals surface area contributed by atoms with Crippen molar-refractivity contribution in [2.45, 2.75) is 30.8 Å². The lowest BCUT2D eigenvalue weighted by Gasteiger charge is -2.18. The van der Waals surface area contributed by atoms with E-state index in [0.717, 1.165) is 19.5 Å². The molecule has 0 radical (unpaired) electrons. The lowest BCUT2D eigenvalue weighted by atomic mass is 9.95. The third-order valence-electron chi connectivity index (χ3n) is 3.93. The van der Waals surface area contributed by atoms with Crippen LogP contribution in [0.15, 0.2) is 24.3 Å². The van der Waals surface area contributed by atoms with Crippen molar-refractivity contribution in [2.75, 3.05) is 19.0 Å². The van der Waals surface area contributed by atoms with E-state index in [1.165, 1.54) is 11.1 Å². The monoisotopic (exact) mass is 387 g/mol. The largest absolute Gasteiger partial charge is 0.481 e. The molecule has 1 atom stereocenters. The van der Waals surface area contributed by atoms with E-state index in [4.69, 9.17) is 32.0 Å². The van der Waals surface area contributed by atoms with E-state index < -0.39 is 36.4 Å². The molecule has 0 bridgehead atoms. The molecule has 0 aromatic heterocycles. The molecule has 0 saturated carbocycles. The van der Waals surface area contributed by atoms with Crippen LogP contribution in [0.4, 0.5) is 0 Å². The van der Waals surface area contributed by atoms with Crippen LogP contribution >= 0.6 is 11.6 Å². The molecular weight excluding hydrogens is 366 g/mol. The molecule has 5 N–H and O–H groups in total. The molecule has 0 aliphatic carbocycles. The van der Waals surface area contributed by atoms with Gasteiger partial charge >= 0.3 is 17.9 Å². The Morgan fingerprint density at radius 2 is 1.69 bits per heavy atom. The normalized spacial score (nSPS) is 16.5. The third-order valence-corrected chi connectivity index (χ3v) is 4.30. The molecule has 1 heterocycles. The summed E-state index contributed by atoms with van der Waals surface area (Å²) in [6, 6.07) is 8.62. The molecule has 2 rings (SSSR count). The molecule has 1 aliphatic heterocycles. The summed E-state index contributed by atoms with van der Waals surface area (Å²) in [5.41, 5.74) is 0.151. The molecule has 0 amide bonds. The van der Waals surface area contributed by atoms with Crippen molar-refractivity contribution in [1.82, 2.24) is 5.32 Å². The molecule has 0 spiro atoms. The molecule has 8 nitrogen and oxygen atoms in total. The molecule has 0 unspecified atom stereocenters. The fourth-order valence-corrected chi connectivity index (χ4v) is 2.90. The van der Waals surface area contributed by atoms with Gasteiger partial charge in [0.1, 0.15) is 0 Å². The lowest BCUT2D eigenvalue weighted by molar-refractivity contribution is -0.170. The highest BCUT2D eigenvalue weighted by atomic mass is 35.5. The minimum atomic E-state index is -2.74. The van der Waals surface area contributed by atoms with Crippen LogP contribution in [-0.4, -0.2) is 62.9 Å². The number of aliphatic carboxylic acids is 3. The van der Waals surface area contributed by atoms with Crippen molar-refractivity contribution in [3.63, 3.8) is 0 Å². The number of halogens is 1. The molecule has 1 aliphatic rings. The van der Waals surface area contributed by atoms with E-state index in [9.17, 15) is 14.4 Å². The van der Waals surface area contributed by atoms with Crippen molar-refractivity contribution < 1.29 is 34.8 Å². The van der Waals surface area contributed by atoms with Gasteiger partial charge in [-0.1, -0.05) is 24.3 Å². The Kier molecular flexibility index (Phi) is 8.50. The lowest BCUT2D eigenvalue weighted by Crippen LogP contribution is -2.42. The van der Waals surface area contributed by atoms with Gasteiger partial charge in [-0.05, 0) is 24.1 Å². The van der Waals surface area contributed by atoms with Gasteiger partial charge in [0.25, 0.3) is 0 Å². The maximum atomic E-state index is 10.3. The first-order valence-electron chi connectivity index (χ1n) is 7.93. The summed E-state index contributed by atoms with van der Waals surface area (Å²) in [7, 11) is 0. The summed E-state index contributed by atoms with van der Waals surface area (Å²) in [5, 5.41) is 37.2. The Hall–Kier alpha value is -2.16. The number of nitrogens with one attached hydrogen (secondary N) is 1. The summed E-state index contributed by atoms with van der Waals surface area (Å²) >= 11 is 5.94. The highest BCUT2D eigenvalue weighted by Gasteiger charge is 2.40. The smallest absolute Gasteiger partial charge is 0.336 e. The van der Waals surface area contributed by atoms with Gasteiger partial charge in [0.05, 0.1) is 12.8 Å². The average Bonchev–Trinajstić information content (AvgIpc) is 2.75. The van der Waals surface area contributed by atoms with E-state index in [1.54, 1.807) is 0 Å². The van der Waals surface area contributed by atoms with Crippen LogP contribution in [0.1, 0.15) is 29.9 Å². The molecular formula is C17H22ClNO7. The van der Waals surface area contributed by atoms with Crippen LogP contribution in [0.2, 0.25) is 0 Å². The molecule has 144 valence electrons. The van der Waals surface area contributed by atoms with Gasteiger partial charge in [0, 0.05) is 18.3 Å². The zero-order chi connectivity index (χ0) is 19.7. The fraction of sp³-hybridized carbons (Fsp3) is 0.471. The van der Waals surface area contributed by atoms with E-state index in [0.29, 0.717) is 11.8 Å². The predicted octanol–water partition coefficient (Wildman–Crippen LogP) is 0.906. The van der Waals surface area contributed by atoms with Crippen molar-refractivity contribution in [3.05, 3.63) is 35.4 Å². The van der Waals surface area contributed by atoms with Crippen LogP contribution in [-0.2, 0) is 20.8 Å². The first-order chi connectivity index (χ1) is 12.2. The van der Waals surface area contributed by atoms with E-state index >= 15 is 0 Å². The molecule has 0 saturated heterocycles. The number of aliphatic hydroxyl groups is 1. The number of rotatable bonds is 6. The summed E-state index contributed by atoms with van der Waals surface area (Å²) < 4.78 is 0. The second kappa shape index (κ2) is 10.1. The first-order valence-corrected chi connectivity index (χ1v) is 8.47. The van der Waals surface area contributed by atoms with Crippen LogP contribution in [0.3, 0.4) is 0 Å². The molecule has 1 aromatic carbocycles. The molecule has 0 fully saturated rings. The maximum absolute atomic E-state index is 10.3. The third kappa shape index (κ3) is 6.62. The number of carbonyl (C=O) groups is 3. The first kappa shape index (κ1) is 21.9. The number of fused-ring (bicyclic) bond motifs is 1. The standard InChI is InChI=1S/C11H14ClN.C6H8O7/c12-7-10-8-13-6-5-9-3-1-2-4-11(9)10;7-3(8)1-6(13,5(11)12)2-4(9)10/h1-4,10,13H,5-8H2;13H,1-2H2,(H,7,8)(H,9,10)(H,11,12)/t10-;/m1./s1. The van der Waals surface area contributed by atoms with Crippen LogP contribution in [0, 0.1) is 0 Å². The van der Waals surface area contributed by atoms with E-state index in [1.807, 2.05) is 0 Å². The zero-order valence-electron chi connectivity index (χ0n) is 14.0. The van der Waals surface area contributed by atoms with Gasteiger partial charge in [-0.15, -0.1) is 11.6 Å². The number of benzene rings is 1. The number of carboxylic acid groups (broad SMARTS) is 3. The van der Waals surface area contributed by atoms with E-state index in [2.05, 4.69) is 29.6 Å².